The molecule has 139 valence electrons. The molecule has 1 radical (unpaired) electrons. The number of benzene rings is 1. The van der Waals surface area contributed by atoms with E-state index in [1.54, 1.807) is 9.47 Å². The Hall–Kier alpha value is -2.25. The van der Waals surface area contributed by atoms with E-state index in [4.69, 9.17) is 0 Å². The van der Waals surface area contributed by atoms with Gasteiger partial charge in [0.1, 0.15) is 5.69 Å². The minimum absolute atomic E-state index is 0.0402. The van der Waals surface area contributed by atoms with Crippen LogP contribution in [0.2, 0.25) is 0 Å². The lowest BCUT2D eigenvalue weighted by atomic mass is 9.98. The highest BCUT2D eigenvalue weighted by molar-refractivity contribution is 6.01. The summed E-state index contributed by atoms with van der Waals surface area (Å²) in [5, 5.41) is 11.5. The van der Waals surface area contributed by atoms with Gasteiger partial charge in [-0.3, -0.25) is 10.1 Å². The number of anilines is 1. The average Bonchev–Trinajstić information content (AvgIpc) is 3.32. The van der Waals surface area contributed by atoms with Gasteiger partial charge < -0.3 is 9.47 Å². The highest BCUT2D eigenvalue weighted by Gasteiger charge is 2.40. The first-order valence-electron chi connectivity index (χ1n) is 8.74. The molecule has 2 heterocycles. The van der Waals surface area contributed by atoms with E-state index < -0.39 is 16.7 Å². The van der Waals surface area contributed by atoms with Gasteiger partial charge in [0.25, 0.3) is 5.69 Å². The zero-order chi connectivity index (χ0) is 18.6. The van der Waals surface area contributed by atoms with Gasteiger partial charge >= 0.3 is 6.18 Å². The Morgan fingerprint density at radius 3 is 2.54 bits per heavy atom. The van der Waals surface area contributed by atoms with E-state index in [0.717, 1.165) is 31.9 Å². The summed E-state index contributed by atoms with van der Waals surface area (Å²) in [6, 6.07) is 2.84. The van der Waals surface area contributed by atoms with Gasteiger partial charge in [0, 0.05) is 36.8 Å². The Labute approximate surface area is 148 Å². The molecule has 0 bridgehead atoms. The van der Waals surface area contributed by atoms with Gasteiger partial charge in [-0.15, -0.1) is 0 Å². The van der Waals surface area contributed by atoms with E-state index in [-0.39, 0.29) is 28.7 Å². The van der Waals surface area contributed by atoms with Gasteiger partial charge in [0.2, 0.25) is 0 Å². The summed E-state index contributed by atoms with van der Waals surface area (Å²) in [7, 11) is 0. The molecule has 0 amide bonds. The molecule has 4 rings (SSSR count). The normalized spacial score (nSPS) is 21.4. The average molecular weight is 366 g/mol. The summed E-state index contributed by atoms with van der Waals surface area (Å²) in [5.74, 6) is 0.0402. The first kappa shape index (κ1) is 17.2. The second kappa shape index (κ2) is 5.89. The van der Waals surface area contributed by atoms with Crippen LogP contribution in [-0.2, 0) is 6.18 Å². The minimum Gasteiger partial charge on any atom is -0.365 e. The summed E-state index contributed by atoms with van der Waals surface area (Å²) < 4.78 is 42.9. The quantitative estimate of drug-likeness (QED) is 0.570. The van der Waals surface area contributed by atoms with Crippen molar-refractivity contribution in [3.8, 4) is 0 Å². The van der Waals surface area contributed by atoms with E-state index in [0.29, 0.717) is 18.6 Å². The largest absolute Gasteiger partial charge is 0.418 e. The maximum atomic E-state index is 13.8. The molecule has 5 nitrogen and oxygen atoms in total. The molecule has 1 saturated carbocycles. The number of hydrogen-bond donors (Lipinski definition) is 0. The highest BCUT2D eigenvalue weighted by atomic mass is 19.4. The molecule has 1 aromatic carbocycles. The van der Waals surface area contributed by atoms with Crippen LogP contribution in [0.3, 0.4) is 0 Å². The number of nitro groups is 1. The van der Waals surface area contributed by atoms with E-state index in [9.17, 15) is 23.3 Å². The van der Waals surface area contributed by atoms with Crippen LogP contribution in [0.5, 0.6) is 0 Å². The molecule has 1 aliphatic heterocycles. The number of halogens is 3. The van der Waals surface area contributed by atoms with E-state index >= 15 is 0 Å². The van der Waals surface area contributed by atoms with Crippen molar-refractivity contribution >= 4 is 22.3 Å². The maximum absolute atomic E-state index is 13.8. The number of piperidine rings is 1. The van der Waals surface area contributed by atoms with Crippen LogP contribution in [0.25, 0.3) is 10.9 Å². The monoisotopic (exact) mass is 366 g/mol. The van der Waals surface area contributed by atoms with Crippen molar-refractivity contribution in [1.82, 2.24) is 4.57 Å². The van der Waals surface area contributed by atoms with Crippen LogP contribution in [-0.4, -0.2) is 22.6 Å². The first-order valence-corrected chi connectivity index (χ1v) is 8.74. The number of fused-ring (bicyclic) bond motifs is 1. The van der Waals surface area contributed by atoms with Crippen molar-refractivity contribution in [3.63, 3.8) is 0 Å². The van der Waals surface area contributed by atoms with Crippen molar-refractivity contribution in [2.24, 2.45) is 5.92 Å². The Bertz CT molecular complexity index is 871. The zero-order valence-corrected chi connectivity index (χ0v) is 14.1. The minimum atomic E-state index is -4.57. The topological polar surface area (TPSA) is 51.3 Å². The second-order valence-electron chi connectivity index (χ2n) is 7.22. The molecule has 0 unspecified atom stereocenters. The smallest absolute Gasteiger partial charge is 0.365 e. The van der Waals surface area contributed by atoms with Gasteiger partial charge in [-0.05, 0) is 44.6 Å². The Balaban J connectivity index is 2.02. The van der Waals surface area contributed by atoms with Gasteiger partial charge in [0.15, 0.2) is 0 Å². The third-order valence-electron chi connectivity index (χ3n) is 5.23. The molecule has 8 heteroatoms. The van der Waals surface area contributed by atoms with Crippen molar-refractivity contribution in [3.05, 3.63) is 40.9 Å². The third kappa shape index (κ3) is 2.81. The predicted molar refractivity (Wildman–Crippen MR) is 92.2 cm³/mol. The van der Waals surface area contributed by atoms with Gasteiger partial charge in [-0.1, -0.05) is 0 Å². The number of rotatable bonds is 3. The van der Waals surface area contributed by atoms with Crippen LogP contribution in [0.1, 0.15) is 37.3 Å². The van der Waals surface area contributed by atoms with Gasteiger partial charge in [0.05, 0.1) is 16.0 Å². The SMILES string of the molecule is [CH2][C@@H]1CCCN(c2c([N+](=O)[O-])ccc3c2c(C(F)(F)F)cn3C2CC2)C1. The summed E-state index contributed by atoms with van der Waals surface area (Å²) in [5.41, 5.74) is -0.547. The summed E-state index contributed by atoms with van der Waals surface area (Å²) in [6.45, 7) is 4.92. The van der Waals surface area contributed by atoms with Gasteiger partial charge in [-0.2, -0.15) is 13.2 Å². The van der Waals surface area contributed by atoms with E-state index in [1.165, 1.54) is 12.1 Å². The zero-order valence-electron chi connectivity index (χ0n) is 14.1. The Kier molecular flexibility index (Phi) is 3.89. The number of nitro benzene ring substituents is 1. The van der Waals surface area contributed by atoms with Crippen molar-refractivity contribution < 1.29 is 18.1 Å². The molecule has 1 aromatic heterocycles. The highest BCUT2D eigenvalue weighted by Crippen LogP contribution is 2.48. The molecule has 26 heavy (non-hydrogen) atoms. The Morgan fingerprint density at radius 1 is 1.23 bits per heavy atom. The lowest BCUT2D eigenvalue weighted by molar-refractivity contribution is -0.384. The maximum Gasteiger partial charge on any atom is 0.418 e. The van der Waals surface area contributed by atoms with Crippen LogP contribution in [0.4, 0.5) is 24.5 Å². The fourth-order valence-corrected chi connectivity index (χ4v) is 3.93. The number of aromatic nitrogens is 1. The van der Waals surface area contributed by atoms with Crippen LogP contribution < -0.4 is 4.90 Å². The number of alkyl halides is 3. The Morgan fingerprint density at radius 2 is 1.96 bits per heavy atom. The fraction of sp³-hybridized carbons (Fsp3) is 0.500. The standard InChI is InChI=1S/C18H19F3N3O2/c1-11-3-2-8-22(9-11)17-15(24(25)26)7-6-14-16(17)13(18(19,20)21)10-23(14)12-4-5-12/h6-7,10-12H,1-5,8-9H2/t11-/m1/s1. The van der Waals surface area contributed by atoms with Crippen LogP contribution >= 0.6 is 0 Å². The number of nitrogens with zero attached hydrogens (tertiary/aromatic N) is 3. The molecule has 2 aliphatic rings. The predicted octanol–water partition coefficient (Wildman–Crippen LogP) is 4.95. The second-order valence-corrected chi connectivity index (χ2v) is 7.22. The lowest BCUT2D eigenvalue weighted by Crippen LogP contribution is -2.35. The van der Waals surface area contributed by atoms with Crippen LogP contribution in [0.15, 0.2) is 18.3 Å². The van der Waals surface area contributed by atoms with Gasteiger partial charge in [-0.25, -0.2) is 0 Å². The molecule has 1 atom stereocenters. The third-order valence-corrected chi connectivity index (χ3v) is 5.23. The number of hydrogen-bond acceptors (Lipinski definition) is 3. The van der Waals surface area contributed by atoms with Crippen molar-refractivity contribution in [1.29, 1.82) is 0 Å². The fourth-order valence-electron chi connectivity index (χ4n) is 3.93. The molecule has 0 spiro atoms. The summed E-state index contributed by atoms with van der Waals surface area (Å²) in [4.78, 5) is 12.7. The van der Waals surface area contributed by atoms with E-state index in [2.05, 4.69) is 6.92 Å². The van der Waals surface area contributed by atoms with Crippen molar-refractivity contribution in [2.45, 2.75) is 37.9 Å². The lowest BCUT2D eigenvalue weighted by Gasteiger charge is -2.33. The first-order chi connectivity index (χ1) is 12.3. The molecule has 2 fully saturated rings. The van der Waals surface area contributed by atoms with E-state index in [1.807, 2.05) is 0 Å². The molecule has 1 aliphatic carbocycles. The van der Waals surface area contributed by atoms with Crippen molar-refractivity contribution in [2.75, 3.05) is 18.0 Å². The summed E-state index contributed by atoms with van der Waals surface area (Å²) in [6.07, 6.45) is -0.152. The summed E-state index contributed by atoms with van der Waals surface area (Å²) >= 11 is 0. The van der Waals surface area contributed by atoms with Crippen LogP contribution in [0, 0.1) is 23.0 Å². The molecular formula is C18H19F3N3O2. The molecule has 2 aromatic rings. The molecular weight excluding hydrogens is 347 g/mol. The molecule has 1 saturated heterocycles. The molecule has 0 N–H and O–H groups in total.